The Labute approximate surface area is 219 Å². The minimum Gasteiger partial charge on any atom is -0.507 e. The summed E-state index contributed by atoms with van der Waals surface area (Å²) in [6.45, 7) is 2.52. The summed E-state index contributed by atoms with van der Waals surface area (Å²) in [7, 11) is 0. The van der Waals surface area contributed by atoms with Crippen LogP contribution in [0.15, 0.2) is 103 Å². The Morgan fingerprint density at radius 1 is 0.947 bits per heavy atom. The number of carbonyl (C=O) groups excluding carboxylic acids is 2. The summed E-state index contributed by atoms with van der Waals surface area (Å²) in [5, 5.41) is 11.3. The van der Waals surface area contributed by atoms with Crippen molar-refractivity contribution in [3.63, 3.8) is 0 Å². The van der Waals surface area contributed by atoms with E-state index in [4.69, 9.17) is 4.74 Å². The lowest BCUT2D eigenvalue weighted by Crippen LogP contribution is -2.29. The Hall–Kier alpha value is -4.78. The van der Waals surface area contributed by atoms with Crippen LogP contribution in [-0.4, -0.2) is 26.7 Å². The second-order valence-electron chi connectivity index (χ2n) is 9.14. The number of carbonyl (C=O) groups is 2. The molecule has 0 bridgehead atoms. The molecule has 4 aromatic rings. The minimum absolute atomic E-state index is 0.0518. The smallest absolute Gasteiger partial charge is 0.295 e. The van der Waals surface area contributed by atoms with Gasteiger partial charge < -0.3 is 14.7 Å². The third-order valence-electron chi connectivity index (χ3n) is 6.44. The van der Waals surface area contributed by atoms with Crippen molar-refractivity contribution < 1.29 is 23.8 Å². The van der Waals surface area contributed by atoms with Gasteiger partial charge in [-0.05, 0) is 72.1 Å². The maximum Gasteiger partial charge on any atom is 0.295 e. The molecule has 1 aliphatic heterocycles. The molecular formula is C31H25FN2O4. The van der Waals surface area contributed by atoms with Crippen molar-refractivity contribution in [2.24, 2.45) is 0 Å². The first-order valence-corrected chi connectivity index (χ1v) is 12.1. The van der Waals surface area contributed by atoms with Crippen LogP contribution in [0.3, 0.4) is 0 Å². The fourth-order valence-corrected chi connectivity index (χ4v) is 4.55. The molecule has 0 spiro atoms. The van der Waals surface area contributed by atoms with Crippen LogP contribution in [0.4, 0.5) is 4.39 Å². The van der Waals surface area contributed by atoms with E-state index in [1.807, 2.05) is 31.2 Å². The quantitative estimate of drug-likeness (QED) is 0.196. The SMILES string of the molecule is Cc1cccc(COc2ccc(C(O)=C3C(=O)C(=O)N(Cc4ccncc4)C3c3ccc(F)cc3)cc2)c1. The molecule has 0 saturated carbocycles. The molecule has 7 heteroatoms. The number of likely N-dealkylation sites (tertiary alicyclic amines) is 1. The summed E-state index contributed by atoms with van der Waals surface area (Å²) in [6.07, 6.45) is 3.20. The molecule has 0 radical (unpaired) electrons. The zero-order chi connectivity index (χ0) is 26.6. The number of Topliss-reactive ketones (excluding diaryl/α,β-unsaturated/α-hetero) is 1. The molecule has 1 unspecified atom stereocenters. The molecule has 5 rings (SSSR count). The maximum absolute atomic E-state index is 13.7. The van der Waals surface area contributed by atoms with Gasteiger partial charge in [0.15, 0.2) is 0 Å². The van der Waals surface area contributed by atoms with Crippen LogP contribution < -0.4 is 4.74 Å². The number of aryl methyl sites for hydroxylation is 1. The van der Waals surface area contributed by atoms with E-state index in [-0.39, 0.29) is 17.9 Å². The van der Waals surface area contributed by atoms with E-state index in [9.17, 15) is 19.1 Å². The van der Waals surface area contributed by atoms with Gasteiger partial charge in [0.1, 0.15) is 23.9 Å². The third kappa shape index (κ3) is 5.18. The number of rotatable bonds is 7. The van der Waals surface area contributed by atoms with Crippen molar-refractivity contribution in [2.75, 3.05) is 0 Å². The number of benzene rings is 3. The van der Waals surface area contributed by atoms with Gasteiger partial charge in [-0.15, -0.1) is 0 Å². The van der Waals surface area contributed by atoms with Gasteiger partial charge in [0.05, 0.1) is 11.6 Å². The minimum atomic E-state index is -0.888. The van der Waals surface area contributed by atoms with Crippen molar-refractivity contribution in [3.05, 3.63) is 137 Å². The highest BCUT2D eigenvalue weighted by Gasteiger charge is 2.46. The van der Waals surface area contributed by atoms with Gasteiger partial charge in [-0.1, -0.05) is 42.0 Å². The molecule has 38 heavy (non-hydrogen) atoms. The third-order valence-corrected chi connectivity index (χ3v) is 6.44. The van der Waals surface area contributed by atoms with Crippen molar-refractivity contribution in [3.8, 4) is 5.75 Å². The molecule has 1 atom stereocenters. The van der Waals surface area contributed by atoms with Crippen molar-refractivity contribution in [1.82, 2.24) is 9.88 Å². The number of nitrogens with zero attached hydrogens (tertiary/aromatic N) is 2. The number of ether oxygens (including phenoxy) is 1. The van der Waals surface area contributed by atoms with Gasteiger partial charge in [0.2, 0.25) is 0 Å². The average molecular weight is 509 g/mol. The summed E-state index contributed by atoms with van der Waals surface area (Å²) < 4.78 is 19.6. The van der Waals surface area contributed by atoms with Crippen LogP contribution in [0.25, 0.3) is 5.76 Å². The first kappa shape index (κ1) is 24.9. The van der Waals surface area contributed by atoms with Crippen LogP contribution in [0.1, 0.15) is 33.9 Å². The number of ketones is 1. The van der Waals surface area contributed by atoms with Gasteiger partial charge in [-0.25, -0.2) is 4.39 Å². The Morgan fingerprint density at radius 3 is 2.34 bits per heavy atom. The van der Waals surface area contributed by atoms with Crippen molar-refractivity contribution in [1.29, 1.82) is 0 Å². The van der Waals surface area contributed by atoms with E-state index >= 15 is 0 Å². The Bertz CT molecular complexity index is 1500. The number of hydrogen-bond acceptors (Lipinski definition) is 5. The normalized spacial score (nSPS) is 16.6. The Morgan fingerprint density at radius 2 is 1.66 bits per heavy atom. The second-order valence-corrected chi connectivity index (χ2v) is 9.14. The lowest BCUT2D eigenvalue weighted by atomic mass is 9.95. The molecular weight excluding hydrogens is 483 g/mol. The predicted octanol–water partition coefficient (Wildman–Crippen LogP) is 5.73. The molecule has 6 nitrogen and oxygen atoms in total. The average Bonchev–Trinajstić information content (AvgIpc) is 3.18. The fraction of sp³-hybridized carbons (Fsp3) is 0.129. The number of aliphatic hydroxyl groups is 1. The largest absolute Gasteiger partial charge is 0.507 e. The lowest BCUT2D eigenvalue weighted by Gasteiger charge is -2.25. The van der Waals surface area contributed by atoms with E-state index < -0.39 is 23.5 Å². The van der Waals surface area contributed by atoms with E-state index in [0.717, 1.165) is 16.7 Å². The lowest BCUT2D eigenvalue weighted by molar-refractivity contribution is -0.140. The zero-order valence-electron chi connectivity index (χ0n) is 20.7. The van der Waals surface area contributed by atoms with Gasteiger partial charge >= 0.3 is 0 Å². The molecule has 190 valence electrons. The van der Waals surface area contributed by atoms with Crippen molar-refractivity contribution in [2.45, 2.75) is 26.1 Å². The molecule has 3 aromatic carbocycles. The standard InChI is InChI=1S/C31H25FN2O4/c1-20-3-2-4-22(17-20)19-38-26-11-7-24(8-12-26)29(35)27-28(23-5-9-25(32)10-6-23)34(31(37)30(27)36)18-21-13-15-33-16-14-21/h2-17,28,35H,18-19H2,1H3. The molecule has 1 fully saturated rings. The topological polar surface area (TPSA) is 79.7 Å². The van der Waals surface area contributed by atoms with Crippen molar-refractivity contribution >= 4 is 17.4 Å². The summed E-state index contributed by atoms with van der Waals surface area (Å²) in [5.41, 5.74) is 3.77. The van der Waals surface area contributed by atoms with Crippen LogP contribution in [-0.2, 0) is 22.7 Å². The van der Waals surface area contributed by atoms with Crippen LogP contribution in [0.2, 0.25) is 0 Å². The summed E-state index contributed by atoms with van der Waals surface area (Å²) in [4.78, 5) is 31.7. The molecule has 1 aliphatic rings. The fourth-order valence-electron chi connectivity index (χ4n) is 4.55. The number of pyridine rings is 1. The first-order chi connectivity index (χ1) is 18.4. The maximum atomic E-state index is 13.7. The molecule has 1 aromatic heterocycles. The monoisotopic (exact) mass is 508 g/mol. The predicted molar refractivity (Wildman–Crippen MR) is 140 cm³/mol. The summed E-state index contributed by atoms with van der Waals surface area (Å²) in [5.74, 6) is -1.70. The van der Waals surface area contributed by atoms with Crippen LogP contribution in [0.5, 0.6) is 5.75 Å². The van der Waals surface area contributed by atoms with E-state index in [2.05, 4.69) is 4.98 Å². The van der Waals surface area contributed by atoms with Gasteiger partial charge in [-0.2, -0.15) is 0 Å². The molecule has 1 N–H and O–H groups in total. The van der Waals surface area contributed by atoms with E-state index in [0.29, 0.717) is 23.5 Å². The van der Waals surface area contributed by atoms with Gasteiger partial charge in [0.25, 0.3) is 11.7 Å². The highest BCUT2D eigenvalue weighted by molar-refractivity contribution is 6.46. The molecule has 1 amide bonds. The molecule has 2 heterocycles. The first-order valence-electron chi connectivity index (χ1n) is 12.1. The van der Waals surface area contributed by atoms with E-state index in [1.165, 1.54) is 29.2 Å². The Balaban J connectivity index is 1.47. The highest BCUT2D eigenvalue weighted by atomic mass is 19.1. The zero-order valence-corrected chi connectivity index (χ0v) is 20.7. The van der Waals surface area contributed by atoms with Gasteiger partial charge in [-0.3, -0.25) is 14.6 Å². The number of halogens is 1. The van der Waals surface area contributed by atoms with Crippen LogP contribution >= 0.6 is 0 Å². The van der Waals surface area contributed by atoms with Gasteiger partial charge in [0, 0.05) is 24.5 Å². The second kappa shape index (κ2) is 10.7. The molecule has 0 aliphatic carbocycles. The van der Waals surface area contributed by atoms with Crippen LogP contribution in [0, 0.1) is 12.7 Å². The summed E-state index contributed by atoms with van der Waals surface area (Å²) in [6, 6.07) is 22.8. The number of aliphatic hydroxyl groups excluding tert-OH is 1. The Kier molecular flexibility index (Phi) is 7.00. The highest BCUT2D eigenvalue weighted by Crippen LogP contribution is 2.40. The van der Waals surface area contributed by atoms with E-state index in [1.54, 1.807) is 48.8 Å². The summed E-state index contributed by atoms with van der Waals surface area (Å²) >= 11 is 0. The number of aromatic nitrogens is 1. The number of amides is 1. The molecule has 1 saturated heterocycles. The number of hydrogen-bond donors (Lipinski definition) is 1.